The van der Waals surface area contributed by atoms with Gasteiger partial charge in [-0.25, -0.2) is 4.79 Å². The molecule has 0 atom stereocenters. The highest BCUT2D eigenvalue weighted by molar-refractivity contribution is 6.34. The van der Waals surface area contributed by atoms with Crippen LogP contribution < -0.4 is 10.6 Å². The lowest BCUT2D eigenvalue weighted by Crippen LogP contribution is -2.34. The van der Waals surface area contributed by atoms with Crippen molar-refractivity contribution in [3.63, 3.8) is 0 Å². The topological polar surface area (TPSA) is 58.2 Å². The number of benzene rings is 2. The van der Waals surface area contributed by atoms with Crippen LogP contribution >= 0.6 is 23.2 Å². The molecule has 26 heavy (non-hydrogen) atoms. The van der Waals surface area contributed by atoms with Crippen LogP contribution in [0.5, 0.6) is 0 Å². The molecule has 0 radical (unpaired) electrons. The van der Waals surface area contributed by atoms with Gasteiger partial charge in [0.05, 0.1) is 10.6 Å². The van der Waals surface area contributed by atoms with Crippen LogP contribution in [-0.4, -0.2) is 18.1 Å². The molecule has 0 spiro atoms. The maximum atomic E-state index is 12.3. The number of carbonyl (C=O) groups is 2. The Morgan fingerprint density at radius 1 is 1.00 bits per heavy atom. The van der Waals surface area contributed by atoms with Gasteiger partial charge in [0, 0.05) is 17.1 Å². The van der Waals surface area contributed by atoms with E-state index in [1.807, 2.05) is 0 Å². The van der Waals surface area contributed by atoms with Crippen molar-refractivity contribution in [1.82, 2.24) is 5.32 Å². The number of nitrogens with one attached hydrogen (secondary N) is 2. The fourth-order valence-electron chi connectivity index (χ4n) is 2.08. The Kier molecular flexibility index (Phi) is 6.50. The highest BCUT2D eigenvalue weighted by Gasteiger charge is 2.26. The van der Waals surface area contributed by atoms with Gasteiger partial charge < -0.3 is 5.32 Å². The molecule has 0 aromatic heterocycles. The molecule has 0 heterocycles. The van der Waals surface area contributed by atoms with Gasteiger partial charge in [0.2, 0.25) is 0 Å². The Labute approximate surface area is 157 Å². The molecular weight excluding hydrogens is 392 g/mol. The first-order valence-electron chi connectivity index (χ1n) is 7.38. The van der Waals surface area contributed by atoms with Gasteiger partial charge >= 0.3 is 12.2 Å². The highest BCUT2D eigenvalue weighted by atomic mass is 35.5. The summed E-state index contributed by atoms with van der Waals surface area (Å²) < 4.78 is 36.8. The van der Waals surface area contributed by atoms with Gasteiger partial charge in [-0.15, -0.1) is 0 Å². The molecule has 2 rings (SSSR count). The molecule has 2 aromatic carbocycles. The van der Waals surface area contributed by atoms with Crippen molar-refractivity contribution < 1.29 is 22.8 Å². The van der Waals surface area contributed by atoms with Crippen molar-refractivity contribution >= 4 is 40.8 Å². The van der Waals surface area contributed by atoms with E-state index in [4.69, 9.17) is 23.2 Å². The molecule has 138 valence electrons. The van der Waals surface area contributed by atoms with Crippen LogP contribution in [0.2, 0.25) is 10.0 Å². The normalized spacial score (nSPS) is 11.1. The minimum atomic E-state index is -4.28. The van der Waals surface area contributed by atoms with Gasteiger partial charge in [-0.3, -0.25) is 10.1 Å². The van der Waals surface area contributed by atoms with Crippen LogP contribution in [0.4, 0.5) is 23.7 Å². The summed E-state index contributed by atoms with van der Waals surface area (Å²) in [5, 5.41) is 4.76. The SMILES string of the molecule is O=C(NC(=O)c1ccccc1Cl)Nc1ccc(CCC(F)(F)F)c(Cl)c1. The number of alkyl halides is 3. The van der Waals surface area contributed by atoms with E-state index in [9.17, 15) is 22.8 Å². The van der Waals surface area contributed by atoms with Crippen molar-refractivity contribution in [3.8, 4) is 0 Å². The van der Waals surface area contributed by atoms with Gasteiger partial charge in [-0.2, -0.15) is 13.2 Å². The third kappa shape index (κ3) is 5.93. The van der Waals surface area contributed by atoms with Gasteiger partial charge in [-0.05, 0) is 36.2 Å². The standard InChI is InChI=1S/C17H13Cl2F3N2O2/c18-13-4-2-1-3-12(13)15(25)24-16(26)23-11-6-5-10(14(19)9-11)7-8-17(20,21)22/h1-6,9H,7-8H2,(H2,23,24,25,26). The number of amides is 3. The molecule has 0 bridgehead atoms. The smallest absolute Gasteiger partial charge is 0.308 e. The molecule has 2 N–H and O–H groups in total. The summed E-state index contributed by atoms with van der Waals surface area (Å²) in [6.07, 6.45) is -5.54. The third-order valence-corrected chi connectivity index (χ3v) is 4.02. The molecule has 9 heteroatoms. The zero-order chi connectivity index (χ0) is 19.3. The van der Waals surface area contributed by atoms with Crippen LogP contribution in [0.3, 0.4) is 0 Å². The van der Waals surface area contributed by atoms with E-state index < -0.39 is 24.5 Å². The van der Waals surface area contributed by atoms with Crippen LogP contribution in [0.25, 0.3) is 0 Å². The Hall–Kier alpha value is -2.25. The average molecular weight is 405 g/mol. The lowest BCUT2D eigenvalue weighted by Gasteiger charge is -2.11. The van der Waals surface area contributed by atoms with E-state index in [2.05, 4.69) is 10.6 Å². The van der Waals surface area contributed by atoms with E-state index in [0.717, 1.165) is 0 Å². The molecule has 0 saturated heterocycles. The molecule has 0 fully saturated rings. The minimum Gasteiger partial charge on any atom is -0.308 e. The predicted octanol–water partition coefficient (Wildman–Crippen LogP) is 5.45. The Bertz CT molecular complexity index is 826. The monoisotopic (exact) mass is 404 g/mol. The van der Waals surface area contributed by atoms with Gasteiger partial charge in [0.15, 0.2) is 0 Å². The lowest BCUT2D eigenvalue weighted by molar-refractivity contribution is -0.133. The molecule has 0 aliphatic carbocycles. The molecule has 3 amide bonds. The molecule has 0 aliphatic rings. The molecule has 0 aliphatic heterocycles. The van der Waals surface area contributed by atoms with Gasteiger partial charge in [-0.1, -0.05) is 41.4 Å². The molecule has 0 unspecified atom stereocenters. The summed E-state index contributed by atoms with van der Waals surface area (Å²) in [4.78, 5) is 23.9. The summed E-state index contributed by atoms with van der Waals surface area (Å²) in [6, 6.07) is 9.47. The summed E-state index contributed by atoms with van der Waals surface area (Å²) in [5.41, 5.74) is 0.669. The summed E-state index contributed by atoms with van der Waals surface area (Å²) in [5.74, 6) is -0.694. The summed E-state index contributed by atoms with van der Waals surface area (Å²) >= 11 is 11.8. The first kappa shape index (κ1) is 20.1. The number of aryl methyl sites for hydroxylation is 1. The summed E-state index contributed by atoms with van der Waals surface area (Å²) in [7, 11) is 0. The fourth-order valence-corrected chi connectivity index (χ4v) is 2.58. The van der Waals surface area contributed by atoms with E-state index in [-0.39, 0.29) is 27.7 Å². The maximum absolute atomic E-state index is 12.3. The Balaban J connectivity index is 1.98. The van der Waals surface area contributed by atoms with E-state index in [1.54, 1.807) is 12.1 Å². The molecular formula is C17H13Cl2F3N2O2. The number of urea groups is 1. The van der Waals surface area contributed by atoms with Crippen LogP contribution in [0.1, 0.15) is 22.3 Å². The van der Waals surface area contributed by atoms with Crippen LogP contribution in [-0.2, 0) is 6.42 Å². The van der Waals surface area contributed by atoms with Gasteiger partial charge in [0.1, 0.15) is 0 Å². The molecule has 4 nitrogen and oxygen atoms in total. The largest absolute Gasteiger partial charge is 0.389 e. The Morgan fingerprint density at radius 3 is 2.31 bits per heavy atom. The van der Waals surface area contributed by atoms with Crippen LogP contribution in [0.15, 0.2) is 42.5 Å². The first-order chi connectivity index (χ1) is 12.2. The zero-order valence-electron chi connectivity index (χ0n) is 13.2. The number of hydrogen-bond acceptors (Lipinski definition) is 2. The second kappa shape index (κ2) is 8.42. The quantitative estimate of drug-likeness (QED) is 0.711. The van der Waals surface area contributed by atoms with Crippen molar-refractivity contribution in [2.75, 3.05) is 5.32 Å². The minimum absolute atomic E-state index is 0.0875. The number of rotatable bonds is 4. The number of anilines is 1. The number of halogens is 5. The maximum Gasteiger partial charge on any atom is 0.389 e. The summed E-state index contributed by atoms with van der Waals surface area (Å²) in [6.45, 7) is 0. The lowest BCUT2D eigenvalue weighted by atomic mass is 10.1. The predicted molar refractivity (Wildman–Crippen MR) is 93.8 cm³/mol. The Morgan fingerprint density at radius 2 is 1.69 bits per heavy atom. The van der Waals surface area contributed by atoms with Crippen molar-refractivity contribution in [1.29, 1.82) is 0 Å². The van der Waals surface area contributed by atoms with E-state index in [0.29, 0.717) is 5.56 Å². The number of hydrogen-bond donors (Lipinski definition) is 2. The van der Waals surface area contributed by atoms with E-state index in [1.165, 1.54) is 30.3 Å². The fraction of sp³-hybridized carbons (Fsp3) is 0.176. The van der Waals surface area contributed by atoms with Crippen LogP contribution in [0, 0.1) is 0 Å². The second-order valence-electron chi connectivity index (χ2n) is 5.31. The highest BCUT2D eigenvalue weighted by Crippen LogP contribution is 2.27. The number of imide groups is 1. The third-order valence-electron chi connectivity index (χ3n) is 3.33. The average Bonchev–Trinajstić information content (AvgIpc) is 2.53. The first-order valence-corrected chi connectivity index (χ1v) is 8.13. The van der Waals surface area contributed by atoms with Crippen molar-refractivity contribution in [3.05, 3.63) is 63.6 Å². The van der Waals surface area contributed by atoms with Gasteiger partial charge in [0.25, 0.3) is 5.91 Å². The van der Waals surface area contributed by atoms with Crippen molar-refractivity contribution in [2.45, 2.75) is 19.0 Å². The molecule has 2 aromatic rings. The zero-order valence-corrected chi connectivity index (χ0v) is 14.7. The number of carbonyl (C=O) groups excluding carboxylic acids is 2. The molecule has 0 saturated carbocycles. The second-order valence-corrected chi connectivity index (χ2v) is 6.12. The van der Waals surface area contributed by atoms with E-state index >= 15 is 0 Å². The van der Waals surface area contributed by atoms with Crippen molar-refractivity contribution in [2.24, 2.45) is 0 Å².